The van der Waals surface area contributed by atoms with Crippen LogP contribution >= 0.6 is 11.6 Å². The third-order valence-corrected chi connectivity index (χ3v) is 3.62. The van der Waals surface area contributed by atoms with Crippen LogP contribution in [0.3, 0.4) is 0 Å². The number of nitrogens with two attached hydrogens (primary N) is 1. The van der Waals surface area contributed by atoms with Crippen LogP contribution in [0.5, 0.6) is 0 Å². The number of para-hydroxylation sites is 1. The normalized spacial score (nSPS) is 10.8. The summed E-state index contributed by atoms with van der Waals surface area (Å²) < 4.78 is 15.0. The number of rotatable bonds is 4. The molecule has 0 fully saturated rings. The summed E-state index contributed by atoms with van der Waals surface area (Å²) in [6.07, 6.45) is 0.721. The molecule has 1 aromatic heterocycles. The number of benzene rings is 1. The molecule has 2 rings (SSSR count). The second-order valence-electron chi connectivity index (χ2n) is 4.49. The van der Waals surface area contributed by atoms with E-state index in [9.17, 15) is 9.18 Å². The van der Waals surface area contributed by atoms with Crippen LogP contribution in [0, 0.1) is 5.82 Å². The van der Waals surface area contributed by atoms with E-state index >= 15 is 0 Å². The van der Waals surface area contributed by atoms with Crippen molar-refractivity contribution in [3.63, 3.8) is 0 Å². The molecule has 0 saturated carbocycles. The summed E-state index contributed by atoms with van der Waals surface area (Å²) in [4.78, 5) is 12.2. The molecule has 0 atom stereocenters. The van der Waals surface area contributed by atoms with Gasteiger partial charge in [-0.15, -0.1) is 0 Å². The predicted octanol–water partition coefficient (Wildman–Crippen LogP) is 2.78. The highest BCUT2D eigenvalue weighted by molar-refractivity contribution is 6.32. The van der Waals surface area contributed by atoms with Crippen molar-refractivity contribution in [2.75, 3.05) is 5.73 Å². The first kappa shape index (κ1) is 14.5. The Balaban J connectivity index is 2.33. The molecule has 0 aliphatic carbocycles. The molecule has 6 heteroatoms. The van der Waals surface area contributed by atoms with Crippen LogP contribution in [0.1, 0.15) is 28.7 Å². The summed E-state index contributed by atoms with van der Waals surface area (Å²) in [5, 5.41) is 4.73. The fourth-order valence-electron chi connectivity index (χ4n) is 2.04. The van der Waals surface area contributed by atoms with E-state index in [0.717, 1.165) is 5.69 Å². The van der Waals surface area contributed by atoms with Crippen molar-refractivity contribution in [3.8, 4) is 0 Å². The monoisotopic (exact) mass is 295 g/mol. The van der Waals surface area contributed by atoms with Gasteiger partial charge in [0.25, 0.3) is 0 Å². The lowest BCUT2D eigenvalue weighted by Crippen LogP contribution is -2.11. The van der Waals surface area contributed by atoms with E-state index < -0.39 is 5.82 Å². The average molecular weight is 296 g/mol. The van der Waals surface area contributed by atoms with Crippen LogP contribution in [0.4, 0.5) is 10.1 Å². The number of hydrogen-bond acceptors (Lipinski definition) is 3. The first-order valence-electron chi connectivity index (χ1n) is 6.23. The maximum Gasteiger partial charge on any atom is 0.171 e. The molecular weight excluding hydrogens is 281 g/mol. The fraction of sp³-hybridized carbons (Fsp3) is 0.286. The number of aryl methyl sites for hydroxylation is 2. The van der Waals surface area contributed by atoms with Gasteiger partial charge >= 0.3 is 0 Å². The number of halogens is 2. The second-order valence-corrected chi connectivity index (χ2v) is 4.86. The van der Waals surface area contributed by atoms with Gasteiger partial charge in [-0.05, 0) is 18.6 Å². The third-order valence-electron chi connectivity index (χ3n) is 3.18. The van der Waals surface area contributed by atoms with E-state index in [1.165, 1.54) is 18.2 Å². The van der Waals surface area contributed by atoms with Gasteiger partial charge in [-0.2, -0.15) is 5.10 Å². The number of hydrogen-bond donors (Lipinski definition) is 1. The molecule has 1 heterocycles. The van der Waals surface area contributed by atoms with Crippen molar-refractivity contribution in [1.29, 1.82) is 0 Å². The van der Waals surface area contributed by atoms with Crippen LogP contribution < -0.4 is 5.73 Å². The minimum atomic E-state index is -0.596. The first-order valence-corrected chi connectivity index (χ1v) is 6.60. The molecule has 0 saturated heterocycles. The highest BCUT2D eigenvalue weighted by Gasteiger charge is 2.19. The molecule has 4 nitrogen and oxygen atoms in total. The molecule has 0 radical (unpaired) electrons. The minimum Gasteiger partial charge on any atom is -0.396 e. The van der Waals surface area contributed by atoms with Crippen LogP contribution in [0.15, 0.2) is 18.2 Å². The highest BCUT2D eigenvalue weighted by atomic mass is 35.5. The van der Waals surface area contributed by atoms with E-state index in [1.807, 2.05) is 6.92 Å². The minimum absolute atomic E-state index is 0.0377. The van der Waals surface area contributed by atoms with Gasteiger partial charge in [0.15, 0.2) is 5.78 Å². The number of nitrogen functional groups attached to an aromatic ring is 1. The van der Waals surface area contributed by atoms with Crippen molar-refractivity contribution in [2.24, 2.45) is 7.05 Å². The van der Waals surface area contributed by atoms with E-state index in [-0.39, 0.29) is 23.5 Å². The molecule has 0 aliphatic rings. The van der Waals surface area contributed by atoms with E-state index in [0.29, 0.717) is 17.1 Å². The van der Waals surface area contributed by atoms with E-state index in [1.54, 1.807) is 11.7 Å². The van der Waals surface area contributed by atoms with Gasteiger partial charge in [-0.3, -0.25) is 9.48 Å². The fourth-order valence-corrected chi connectivity index (χ4v) is 2.40. The Morgan fingerprint density at radius 3 is 2.80 bits per heavy atom. The van der Waals surface area contributed by atoms with Gasteiger partial charge in [0.2, 0.25) is 0 Å². The van der Waals surface area contributed by atoms with Crippen molar-refractivity contribution in [1.82, 2.24) is 9.78 Å². The Kier molecular flexibility index (Phi) is 4.09. The Bertz CT molecular complexity index is 667. The van der Waals surface area contributed by atoms with E-state index in [2.05, 4.69) is 5.10 Å². The highest BCUT2D eigenvalue weighted by Crippen LogP contribution is 2.24. The van der Waals surface area contributed by atoms with Crippen LogP contribution in [-0.4, -0.2) is 15.6 Å². The molecule has 20 heavy (non-hydrogen) atoms. The molecule has 0 spiro atoms. The van der Waals surface area contributed by atoms with Gasteiger partial charge in [0.1, 0.15) is 5.82 Å². The van der Waals surface area contributed by atoms with Gasteiger partial charge in [0, 0.05) is 12.6 Å². The molecule has 106 valence electrons. The summed E-state index contributed by atoms with van der Waals surface area (Å²) in [6, 6.07) is 4.19. The number of anilines is 1. The lowest BCUT2D eigenvalue weighted by atomic mass is 10.0. The standard InChI is InChI=1S/C14H15ClFN3O/c1-3-10-13(15)11(19(2)18-10)7-12(20)8-5-4-6-9(16)14(8)17/h4-6H,3,7,17H2,1-2H3. The number of carbonyl (C=O) groups excluding carboxylic acids is 1. The SMILES string of the molecule is CCc1nn(C)c(CC(=O)c2cccc(F)c2N)c1Cl. The molecule has 0 unspecified atom stereocenters. The lowest BCUT2D eigenvalue weighted by Gasteiger charge is -2.06. The second kappa shape index (κ2) is 5.63. The van der Waals surface area contributed by atoms with E-state index in [4.69, 9.17) is 17.3 Å². The van der Waals surface area contributed by atoms with Gasteiger partial charge < -0.3 is 5.73 Å². The number of ketones is 1. The summed E-state index contributed by atoms with van der Waals surface area (Å²) in [6.45, 7) is 1.93. The summed E-state index contributed by atoms with van der Waals surface area (Å²) in [5.41, 5.74) is 6.98. The zero-order valence-corrected chi connectivity index (χ0v) is 12.0. The third kappa shape index (κ3) is 2.54. The zero-order valence-electron chi connectivity index (χ0n) is 11.3. The Morgan fingerprint density at radius 1 is 1.50 bits per heavy atom. The van der Waals surface area contributed by atoms with Crippen molar-refractivity contribution >= 4 is 23.1 Å². The molecule has 0 amide bonds. The maximum atomic E-state index is 13.4. The zero-order chi connectivity index (χ0) is 14.9. The van der Waals surface area contributed by atoms with Gasteiger partial charge in [-0.1, -0.05) is 24.6 Å². The largest absolute Gasteiger partial charge is 0.396 e. The lowest BCUT2D eigenvalue weighted by molar-refractivity contribution is 0.0991. The Labute approximate surface area is 121 Å². The predicted molar refractivity (Wildman–Crippen MR) is 76.4 cm³/mol. The maximum absolute atomic E-state index is 13.4. The average Bonchev–Trinajstić information content (AvgIpc) is 2.69. The molecular formula is C14H15ClFN3O. The molecule has 0 bridgehead atoms. The molecule has 2 N–H and O–H groups in total. The summed E-state index contributed by atoms with van der Waals surface area (Å²) >= 11 is 6.19. The van der Waals surface area contributed by atoms with Crippen molar-refractivity contribution in [3.05, 3.63) is 46.0 Å². The van der Waals surface area contributed by atoms with Crippen molar-refractivity contribution < 1.29 is 9.18 Å². The number of carbonyl (C=O) groups is 1. The van der Waals surface area contributed by atoms with Crippen LogP contribution in [0.2, 0.25) is 5.02 Å². The Hall–Kier alpha value is -1.88. The van der Waals surface area contributed by atoms with Gasteiger partial charge in [0.05, 0.1) is 28.5 Å². The topological polar surface area (TPSA) is 60.9 Å². The van der Waals surface area contributed by atoms with Gasteiger partial charge in [-0.25, -0.2) is 4.39 Å². The quantitative estimate of drug-likeness (QED) is 0.697. The number of Topliss-reactive ketones (excluding diaryl/α,β-unsaturated/α-hetero) is 1. The molecule has 0 aliphatic heterocycles. The molecule has 2 aromatic rings. The smallest absolute Gasteiger partial charge is 0.171 e. The Morgan fingerprint density at radius 2 is 2.20 bits per heavy atom. The molecule has 1 aromatic carbocycles. The number of aromatic nitrogens is 2. The van der Waals surface area contributed by atoms with Crippen molar-refractivity contribution in [2.45, 2.75) is 19.8 Å². The summed E-state index contributed by atoms with van der Waals surface area (Å²) in [7, 11) is 1.72. The van der Waals surface area contributed by atoms with Crippen LogP contribution in [0.25, 0.3) is 0 Å². The summed E-state index contributed by atoms with van der Waals surface area (Å²) in [5.74, 6) is -0.879. The first-order chi connectivity index (χ1) is 9.45. The number of nitrogens with zero attached hydrogens (tertiary/aromatic N) is 2. The van der Waals surface area contributed by atoms with Crippen LogP contribution in [-0.2, 0) is 19.9 Å².